The average molecular weight is 236 g/mol. The maximum absolute atomic E-state index is 3.63. The number of piperazine rings is 1. The minimum Gasteiger partial charge on any atom is -0.311 e. The van der Waals surface area contributed by atoms with E-state index in [1.54, 1.807) is 5.57 Å². The predicted molar refractivity (Wildman–Crippen MR) is 74.3 cm³/mol. The van der Waals surface area contributed by atoms with Crippen molar-refractivity contribution < 1.29 is 0 Å². The van der Waals surface area contributed by atoms with Crippen LogP contribution in [0.1, 0.15) is 51.9 Å². The van der Waals surface area contributed by atoms with Crippen molar-refractivity contribution in [3.05, 3.63) is 11.6 Å². The van der Waals surface area contributed by atoms with Crippen LogP contribution in [-0.2, 0) is 0 Å². The van der Waals surface area contributed by atoms with Gasteiger partial charge in [0, 0.05) is 32.2 Å². The molecule has 1 unspecified atom stereocenters. The minimum absolute atomic E-state index is 0.745. The molecular weight excluding hydrogens is 208 g/mol. The van der Waals surface area contributed by atoms with E-state index in [0.29, 0.717) is 0 Å². The van der Waals surface area contributed by atoms with Crippen LogP contribution in [-0.4, -0.2) is 37.1 Å². The third kappa shape index (κ3) is 4.44. The molecule has 0 radical (unpaired) electrons. The monoisotopic (exact) mass is 236 g/mol. The molecule has 0 aromatic carbocycles. The van der Waals surface area contributed by atoms with Crippen LogP contribution in [0.4, 0.5) is 0 Å². The largest absolute Gasteiger partial charge is 0.311 e. The Bertz CT molecular complexity index is 245. The minimum atomic E-state index is 0.745. The Balaban J connectivity index is 1.69. The van der Waals surface area contributed by atoms with Gasteiger partial charge in [-0.15, -0.1) is 0 Å². The van der Waals surface area contributed by atoms with Gasteiger partial charge in [-0.25, -0.2) is 0 Å². The van der Waals surface area contributed by atoms with Crippen molar-refractivity contribution in [2.24, 2.45) is 0 Å². The van der Waals surface area contributed by atoms with Crippen LogP contribution in [0.25, 0.3) is 0 Å². The van der Waals surface area contributed by atoms with Crippen molar-refractivity contribution in [3.63, 3.8) is 0 Å². The molecule has 2 aliphatic rings. The molecule has 0 bridgehead atoms. The van der Waals surface area contributed by atoms with Crippen LogP contribution in [0.5, 0.6) is 0 Å². The molecule has 0 aromatic rings. The normalized spacial score (nSPS) is 26.9. The lowest BCUT2D eigenvalue weighted by molar-refractivity contribution is 0.195. The van der Waals surface area contributed by atoms with Crippen LogP contribution in [0.15, 0.2) is 11.6 Å². The van der Waals surface area contributed by atoms with E-state index in [9.17, 15) is 0 Å². The SMILES string of the molecule is CCCC1CN(CCC2=CCCCC2)CCN1. The smallest absolute Gasteiger partial charge is 0.0195 e. The Morgan fingerprint density at radius 3 is 3.12 bits per heavy atom. The second kappa shape index (κ2) is 7.17. The quantitative estimate of drug-likeness (QED) is 0.738. The van der Waals surface area contributed by atoms with E-state index >= 15 is 0 Å². The van der Waals surface area contributed by atoms with Crippen LogP contribution < -0.4 is 5.32 Å². The zero-order valence-electron chi connectivity index (χ0n) is 11.4. The molecule has 1 N–H and O–H groups in total. The summed E-state index contributed by atoms with van der Waals surface area (Å²) in [6, 6.07) is 0.745. The molecule has 0 aromatic heterocycles. The van der Waals surface area contributed by atoms with Gasteiger partial charge in [0.25, 0.3) is 0 Å². The molecule has 1 saturated heterocycles. The van der Waals surface area contributed by atoms with Crippen molar-refractivity contribution in [2.75, 3.05) is 26.2 Å². The maximum atomic E-state index is 3.63. The second-order valence-corrected chi connectivity index (χ2v) is 5.60. The Hall–Kier alpha value is -0.340. The molecule has 1 aliphatic heterocycles. The van der Waals surface area contributed by atoms with Crippen molar-refractivity contribution in [2.45, 2.75) is 57.9 Å². The molecule has 98 valence electrons. The summed E-state index contributed by atoms with van der Waals surface area (Å²) in [5.74, 6) is 0. The van der Waals surface area contributed by atoms with Crippen molar-refractivity contribution in [1.82, 2.24) is 10.2 Å². The van der Waals surface area contributed by atoms with Crippen molar-refractivity contribution in [1.29, 1.82) is 0 Å². The first-order valence-corrected chi connectivity index (χ1v) is 7.52. The third-order valence-electron chi connectivity index (χ3n) is 4.11. The summed E-state index contributed by atoms with van der Waals surface area (Å²) in [5, 5.41) is 3.63. The van der Waals surface area contributed by atoms with E-state index in [-0.39, 0.29) is 0 Å². The fraction of sp³-hybridized carbons (Fsp3) is 0.867. The Morgan fingerprint density at radius 2 is 2.35 bits per heavy atom. The van der Waals surface area contributed by atoms with Crippen molar-refractivity contribution in [3.8, 4) is 0 Å². The van der Waals surface area contributed by atoms with E-state index in [1.165, 1.54) is 71.1 Å². The number of nitrogens with zero attached hydrogens (tertiary/aromatic N) is 1. The van der Waals surface area contributed by atoms with Gasteiger partial charge in [-0.05, 0) is 38.5 Å². The van der Waals surface area contributed by atoms with E-state index in [2.05, 4.69) is 23.2 Å². The topological polar surface area (TPSA) is 15.3 Å². The molecule has 1 fully saturated rings. The second-order valence-electron chi connectivity index (χ2n) is 5.60. The first-order valence-electron chi connectivity index (χ1n) is 7.52. The summed E-state index contributed by atoms with van der Waals surface area (Å²) in [7, 11) is 0. The van der Waals surface area contributed by atoms with E-state index in [4.69, 9.17) is 0 Å². The van der Waals surface area contributed by atoms with Gasteiger partial charge in [0.2, 0.25) is 0 Å². The van der Waals surface area contributed by atoms with Gasteiger partial charge in [-0.2, -0.15) is 0 Å². The Morgan fingerprint density at radius 1 is 1.41 bits per heavy atom. The standard InChI is InChI=1S/C15H28N2/c1-2-6-15-13-17(12-10-16-15)11-9-14-7-4-3-5-8-14/h7,15-16H,2-6,8-13H2,1H3. The molecule has 1 atom stereocenters. The molecule has 0 spiro atoms. The first-order chi connectivity index (χ1) is 8.38. The Kier molecular flexibility index (Phi) is 5.53. The number of hydrogen-bond donors (Lipinski definition) is 1. The molecule has 1 heterocycles. The number of nitrogens with one attached hydrogen (secondary N) is 1. The number of allylic oxidation sites excluding steroid dienone is 1. The maximum Gasteiger partial charge on any atom is 0.0195 e. The zero-order valence-corrected chi connectivity index (χ0v) is 11.4. The zero-order chi connectivity index (χ0) is 11.9. The molecule has 2 rings (SSSR count). The van der Waals surface area contributed by atoms with Gasteiger partial charge < -0.3 is 10.2 Å². The van der Waals surface area contributed by atoms with Gasteiger partial charge in [0.05, 0.1) is 0 Å². The lowest BCUT2D eigenvalue weighted by atomic mass is 9.97. The van der Waals surface area contributed by atoms with Gasteiger partial charge >= 0.3 is 0 Å². The molecule has 2 nitrogen and oxygen atoms in total. The molecule has 17 heavy (non-hydrogen) atoms. The van der Waals surface area contributed by atoms with Crippen molar-refractivity contribution >= 4 is 0 Å². The van der Waals surface area contributed by atoms with Crippen LogP contribution in [0.2, 0.25) is 0 Å². The Labute approximate surface area is 106 Å². The van der Waals surface area contributed by atoms with E-state index in [1.807, 2.05) is 0 Å². The summed E-state index contributed by atoms with van der Waals surface area (Å²) in [6.45, 7) is 7.26. The van der Waals surface area contributed by atoms with Gasteiger partial charge in [0.1, 0.15) is 0 Å². The molecule has 0 saturated carbocycles. The lowest BCUT2D eigenvalue weighted by Crippen LogP contribution is -2.50. The first kappa shape index (κ1) is 13.1. The number of rotatable bonds is 5. The van der Waals surface area contributed by atoms with E-state index < -0.39 is 0 Å². The molecule has 1 aliphatic carbocycles. The summed E-state index contributed by atoms with van der Waals surface area (Å²) in [5.41, 5.74) is 1.72. The summed E-state index contributed by atoms with van der Waals surface area (Å²) >= 11 is 0. The average Bonchev–Trinajstić information content (AvgIpc) is 2.39. The summed E-state index contributed by atoms with van der Waals surface area (Å²) in [4.78, 5) is 2.66. The van der Waals surface area contributed by atoms with Crippen LogP contribution >= 0.6 is 0 Å². The molecule has 0 amide bonds. The fourth-order valence-electron chi connectivity index (χ4n) is 3.07. The summed E-state index contributed by atoms with van der Waals surface area (Å²) < 4.78 is 0. The number of hydrogen-bond acceptors (Lipinski definition) is 2. The highest BCUT2D eigenvalue weighted by Crippen LogP contribution is 2.20. The van der Waals surface area contributed by atoms with E-state index in [0.717, 1.165) is 6.04 Å². The summed E-state index contributed by atoms with van der Waals surface area (Å²) in [6.07, 6.45) is 12.0. The van der Waals surface area contributed by atoms with Gasteiger partial charge in [-0.3, -0.25) is 0 Å². The highest BCUT2D eigenvalue weighted by molar-refractivity contribution is 5.05. The lowest BCUT2D eigenvalue weighted by Gasteiger charge is -2.34. The predicted octanol–water partition coefficient (Wildman–Crippen LogP) is 2.95. The molecule has 2 heteroatoms. The van der Waals surface area contributed by atoms with Gasteiger partial charge in [0.15, 0.2) is 0 Å². The molecular formula is C15H28N2. The fourth-order valence-corrected chi connectivity index (χ4v) is 3.07. The van der Waals surface area contributed by atoms with Crippen LogP contribution in [0, 0.1) is 0 Å². The highest BCUT2D eigenvalue weighted by atomic mass is 15.2. The highest BCUT2D eigenvalue weighted by Gasteiger charge is 2.18. The van der Waals surface area contributed by atoms with Gasteiger partial charge in [-0.1, -0.05) is 25.0 Å². The third-order valence-corrected chi connectivity index (χ3v) is 4.11. The van der Waals surface area contributed by atoms with Crippen LogP contribution in [0.3, 0.4) is 0 Å².